The van der Waals surface area contributed by atoms with Crippen LogP contribution in [-0.4, -0.2) is 74.4 Å². The predicted molar refractivity (Wildman–Crippen MR) is 90.0 cm³/mol. The fourth-order valence-electron chi connectivity index (χ4n) is 3.40. The Morgan fingerprint density at radius 3 is 2.71 bits per heavy atom. The Morgan fingerprint density at radius 1 is 1.21 bits per heavy atom. The normalized spacial score (nSPS) is 25.5. The molecule has 1 aromatic carbocycles. The minimum Gasteiger partial charge on any atom is -0.497 e. The fraction of sp³-hybridized carbons (Fsp3) is 0.611. The second-order valence-electron chi connectivity index (χ2n) is 6.58. The molecule has 6 nitrogen and oxygen atoms in total. The fourth-order valence-corrected chi connectivity index (χ4v) is 3.40. The van der Waals surface area contributed by atoms with Crippen molar-refractivity contribution in [2.24, 2.45) is 0 Å². The molecule has 2 aliphatic heterocycles. The maximum Gasteiger partial charge on any atom is 0.219 e. The molecule has 0 N–H and O–H groups in total. The summed E-state index contributed by atoms with van der Waals surface area (Å²) < 4.78 is 17.0. The number of carbonyl (C=O) groups is 1. The van der Waals surface area contributed by atoms with Crippen molar-refractivity contribution in [3.8, 4) is 5.75 Å². The first-order valence-electron chi connectivity index (χ1n) is 8.43. The summed E-state index contributed by atoms with van der Waals surface area (Å²) in [6, 6.07) is 8.15. The molecule has 0 saturated carbocycles. The summed E-state index contributed by atoms with van der Waals surface area (Å²) in [7, 11) is 1.67. The van der Waals surface area contributed by atoms with Crippen LogP contribution in [0.15, 0.2) is 24.3 Å². The van der Waals surface area contributed by atoms with E-state index in [1.807, 2.05) is 17.0 Å². The van der Waals surface area contributed by atoms with Crippen LogP contribution < -0.4 is 4.74 Å². The van der Waals surface area contributed by atoms with Crippen molar-refractivity contribution in [1.82, 2.24) is 9.80 Å². The van der Waals surface area contributed by atoms with Gasteiger partial charge in [-0.1, -0.05) is 12.1 Å². The number of benzene rings is 1. The van der Waals surface area contributed by atoms with Gasteiger partial charge in [0.25, 0.3) is 0 Å². The standard InChI is InChI=1S/C18H26N2O4/c1-15(21)20-8-9-23-14-18(13-20)12-19(7-10-24-18)11-16-3-5-17(22-2)6-4-16/h3-6H,7-14H2,1-2H3. The molecule has 1 amide bonds. The van der Waals surface area contributed by atoms with Crippen molar-refractivity contribution in [2.45, 2.75) is 19.1 Å². The number of nitrogens with zero attached hydrogens (tertiary/aromatic N) is 2. The van der Waals surface area contributed by atoms with E-state index in [0.29, 0.717) is 32.9 Å². The van der Waals surface area contributed by atoms with Crippen LogP contribution in [0.4, 0.5) is 0 Å². The number of rotatable bonds is 3. The van der Waals surface area contributed by atoms with E-state index in [1.165, 1.54) is 5.56 Å². The molecule has 0 bridgehead atoms. The highest BCUT2D eigenvalue weighted by Gasteiger charge is 2.40. The molecule has 2 heterocycles. The maximum absolute atomic E-state index is 11.8. The first kappa shape index (κ1) is 17.2. The third-order valence-electron chi connectivity index (χ3n) is 4.69. The van der Waals surface area contributed by atoms with E-state index in [4.69, 9.17) is 14.2 Å². The molecule has 2 aliphatic rings. The summed E-state index contributed by atoms with van der Waals surface area (Å²) in [5, 5.41) is 0. The average Bonchev–Trinajstić information content (AvgIpc) is 2.78. The van der Waals surface area contributed by atoms with E-state index in [9.17, 15) is 4.79 Å². The third-order valence-corrected chi connectivity index (χ3v) is 4.69. The largest absolute Gasteiger partial charge is 0.497 e. The Bertz CT molecular complexity index is 563. The lowest BCUT2D eigenvalue weighted by Gasteiger charge is -2.43. The zero-order chi connectivity index (χ0) is 17.0. The van der Waals surface area contributed by atoms with Gasteiger partial charge in [-0.05, 0) is 17.7 Å². The molecular formula is C18H26N2O4. The quantitative estimate of drug-likeness (QED) is 0.830. The summed E-state index contributed by atoms with van der Waals surface area (Å²) in [6.45, 7) is 7.12. The molecule has 132 valence electrons. The number of amides is 1. The molecule has 0 aliphatic carbocycles. The molecule has 1 spiro atoms. The predicted octanol–water partition coefficient (Wildman–Crippen LogP) is 1.14. The zero-order valence-corrected chi connectivity index (χ0v) is 14.5. The first-order valence-corrected chi connectivity index (χ1v) is 8.43. The van der Waals surface area contributed by atoms with E-state index < -0.39 is 5.60 Å². The lowest BCUT2D eigenvalue weighted by molar-refractivity contribution is -0.151. The van der Waals surface area contributed by atoms with Gasteiger partial charge in [0.1, 0.15) is 11.4 Å². The summed E-state index contributed by atoms with van der Waals surface area (Å²) in [4.78, 5) is 16.0. The number of morpholine rings is 1. The van der Waals surface area contributed by atoms with Gasteiger partial charge in [-0.2, -0.15) is 0 Å². The molecule has 2 saturated heterocycles. The van der Waals surface area contributed by atoms with Crippen molar-refractivity contribution in [1.29, 1.82) is 0 Å². The summed E-state index contributed by atoms with van der Waals surface area (Å²) in [5.41, 5.74) is 0.818. The number of carbonyl (C=O) groups excluding carboxylic acids is 1. The van der Waals surface area contributed by atoms with E-state index in [2.05, 4.69) is 17.0 Å². The molecule has 0 aromatic heterocycles. The van der Waals surface area contributed by atoms with E-state index in [1.54, 1.807) is 14.0 Å². The van der Waals surface area contributed by atoms with Gasteiger partial charge in [0, 0.05) is 33.1 Å². The van der Waals surface area contributed by atoms with Gasteiger partial charge < -0.3 is 19.1 Å². The summed E-state index contributed by atoms with van der Waals surface area (Å²) in [5.74, 6) is 0.946. The van der Waals surface area contributed by atoms with E-state index in [-0.39, 0.29) is 5.91 Å². The number of methoxy groups -OCH3 is 1. The van der Waals surface area contributed by atoms with Crippen molar-refractivity contribution in [3.05, 3.63) is 29.8 Å². The minimum absolute atomic E-state index is 0.0794. The van der Waals surface area contributed by atoms with Crippen LogP contribution >= 0.6 is 0 Å². The molecule has 3 rings (SSSR count). The Balaban J connectivity index is 1.67. The highest BCUT2D eigenvalue weighted by Crippen LogP contribution is 2.24. The van der Waals surface area contributed by atoms with Crippen LogP contribution in [0.5, 0.6) is 5.75 Å². The Labute approximate surface area is 143 Å². The Morgan fingerprint density at radius 2 is 2.00 bits per heavy atom. The van der Waals surface area contributed by atoms with Crippen LogP contribution in [-0.2, 0) is 20.8 Å². The highest BCUT2D eigenvalue weighted by molar-refractivity contribution is 5.73. The smallest absolute Gasteiger partial charge is 0.219 e. The second-order valence-corrected chi connectivity index (χ2v) is 6.58. The Hall–Kier alpha value is -1.63. The van der Waals surface area contributed by atoms with Crippen molar-refractivity contribution < 1.29 is 19.0 Å². The number of hydrogen-bond acceptors (Lipinski definition) is 5. The topological polar surface area (TPSA) is 51.2 Å². The number of hydrogen-bond donors (Lipinski definition) is 0. The lowest BCUT2D eigenvalue weighted by atomic mass is 10.0. The van der Waals surface area contributed by atoms with Gasteiger partial charge in [0.05, 0.1) is 33.5 Å². The first-order chi connectivity index (χ1) is 11.6. The molecule has 1 atom stereocenters. The van der Waals surface area contributed by atoms with Crippen molar-refractivity contribution >= 4 is 5.91 Å². The SMILES string of the molecule is COc1ccc(CN2CCOC3(COCCN(C(C)=O)C3)C2)cc1. The van der Waals surface area contributed by atoms with Crippen LogP contribution in [0.3, 0.4) is 0 Å². The van der Waals surface area contributed by atoms with Crippen LogP contribution in [0.1, 0.15) is 12.5 Å². The van der Waals surface area contributed by atoms with Crippen LogP contribution in [0.2, 0.25) is 0 Å². The van der Waals surface area contributed by atoms with Gasteiger partial charge in [0.2, 0.25) is 5.91 Å². The molecule has 0 radical (unpaired) electrons. The molecule has 1 unspecified atom stereocenters. The van der Waals surface area contributed by atoms with Crippen molar-refractivity contribution in [3.63, 3.8) is 0 Å². The zero-order valence-electron chi connectivity index (χ0n) is 14.5. The monoisotopic (exact) mass is 334 g/mol. The molecule has 24 heavy (non-hydrogen) atoms. The summed E-state index contributed by atoms with van der Waals surface area (Å²) >= 11 is 0. The number of ether oxygens (including phenoxy) is 3. The van der Waals surface area contributed by atoms with Gasteiger partial charge in [-0.3, -0.25) is 9.69 Å². The maximum atomic E-state index is 11.8. The molecule has 2 fully saturated rings. The van der Waals surface area contributed by atoms with Crippen molar-refractivity contribution in [2.75, 3.05) is 53.1 Å². The van der Waals surface area contributed by atoms with Crippen LogP contribution in [0, 0.1) is 0 Å². The van der Waals surface area contributed by atoms with E-state index in [0.717, 1.165) is 25.4 Å². The van der Waals surface area contributed by atoms with Crippen LogP contribution in [0.25, 0.3) is 0 Å². The molecule has 6 heteroatoms. The molecule has 1 aromatic rings. The third kappa shape index (κ3) is 4.06. The van der Waals surface area contributed by atoms with Gasteiger partial charge in [-0.15, -0.1) is 0 Å². The van der Waals surface area contributed by atoms with Gasteiger partial charge in [-0.25, -0.2) is 0 Å². The molecular weight excluding hydrogens is 308 g/mol. The van der Waals surface area contributed by atoms with E-state index >= 15 is 0 Å². The minimum atomic E-state index is -0.424. The van der Waals surface area contributed by atoms with Gasteiger partial charge >= 0.3 is 0 Å². The lowest BCUT2D eigenvalue weighted by Crippen LogP contribution is -2.58. The second kappa shape index (κ2) is 7.51. The summed E-state index contributed by atoms with van der Waals surface area (Å²) in [6.07, 6.45) is 0. The highest BCUT2D eigenvalue weighted by atomic mass is 16.5. The van der Waals surface area contributed by atoms with Gasteiger partial charge in [0.15, 0.2) is 0 Å². The average molecular weight is 334 g/mol. The Kier molecular flexibility index (Phi) is 5.38.